The second-order valence-corrected chi connectivity index (χ2v) is 4.25. The molecule has 1 rings (SSSR count). The van der Waals surface area contributed by atoms with Crippen molar-refractivity contribution in [2.75, 3.05) is 5.32 Å². The van der Waals surface area contributed by atoms with Gasteiger partial charge in [-0.3, -0.25) is 4.79 Å². The third-order valence-electron chi connectivity index (χ3n) is 2.35. The van der Waals surface area contributed by atoms with Crippen LogP contribution in [0.5, 0.6) is 0 Å². The maximum absolute atomic E-state index is 13.2. The Hall–Kier alpha value is -1.89. The van der Waals surface area contributed by atoms with Crippen LogP contribution >= 0.6 is 0 Å². The average Bonchev–Trinajstić information content (AvgIpc) is 2.27. The molecule has 1 aromatic carbocycles. The molecule has 4 heteroatoms. The molecule has 0 spiro atoms. The lowest BCUT2D eigenvalue weighted by molar-refractivity contribution is -0.116. The van der Waals surface area contributed by atoms with Crippen LogP contribution < -0.4 is 5.32 Å². The van der Waals surface area contributed by atoms with Crippen LogP contribution in [-0.4, -0.2) is 5.91 Å². The van der Waals surface area contributed by atoms with E-state index in [1.54, 1.807) is 6.07 Å². The fourth-order valence-corrected chi connectivity index (χ4v) is 1.37. The van der Waals surface area contributed by atoms with Gasteiger partial charge in [0.05, 0.1) is 5.69 Å². The fourth-order valence-electron chi connectivity index (χ4n) is 1.37. The van der Waals surface area contributed by atoms with Crippen LogP contribution in [-0.2, 0) is 4.79 Å². The smallest absolute Gasteiger partial charge is 0.224 e. The number of hydrogen-bond donors (Lipinski definition) is 1. The Morgan fingerprint density at radius 3 is 2.82 bits per heavy atom. The number of rotatable bonds is 4. The Bertz CT molecular complexity index is 449. The molecule has 17 heavy (non-hydrogen) atoms. The normalized spacial score (nSPS) is 10.1. The van der Waals surface area contributed by atoms with Gasteiger partial charge in [0.2, 0.25) is 5.91 Å². The van der Waals surface area contributed by atoms with Crippen LogP contribution in [0.4, 0.5) is 10.1 Å². The Kier molecular flexibility index (Phi) is 4.65. The Morgan fingerprint density at radius 2 is 2.24 bits per heavy atom. The molecular formula is C13H15FN2O. The van der Waals surface area contributed by atoms with Crippen molar-refractivity contribution in [2.45, 2.75) is 26.7 Å². The van der Waals surface area contributed by atoms with Crippen molar-refractivity contribution >= 4 is 11.6 Å². The van der Waals surface area contributed by atoms with Crippen molar-refractivity contribution in [1.82, 2.24) is 0 Å². The summed E-state index contributed by atoms with van der Waals surface area (Å²) < 4.78 is 13.2. The zero-order valence-electron chi connectivity index (χ0n) is 9.96. The molecule has 0 saturated carbocycles. The number of amides is 1. The van der Waals surface area contributed by atoms with Crippen LogP contribution in [0, 0.1) is 23.1 Å². The first-order chi connectivity index (χ1) is 8.04. The summed E-state index contributed by atoms with van der Waals surface area (Å²) in [6, 6.07) is 5.93. The average molecular weight is 234 g/mol. The fraction of sp³-hybridized carbons (Fsp3) is 0.385. The van der Waals surface area contributed by atoms with Gasteiger partial charge in [-0.15, -0.1) is 0 Å². The number of halogens is 1. The highest BCUT2D eigenvalue weighted by molar-refractivity contribution is 5.92. The first-order valence-electron chi connectivity index (χ1n) is 5.53. The van der Waals surface area contributed by atoms with Crippen LogP contribution in [0.1, 0.15) is 32.3 Å². The number of carbonyl (C=O) groups excluding carboxylic acids is 1. The van der Waals surface area contributed by atoms with E-state index in [4.69, 9.17) is 5.26 Å². The maximum Gasteiger partial charge on any atom is 0.224 e. The Balaban J connectivity index is 2.72. The summed E-state index contributed by atoms with van der Waals surface area (Å²) in [5.74, 6) is -0.376. The van der Waals surface area contributed by atoms with E-state index in [0.717, 1.165) is 6.42 Å². The molecule has 90 valence electrons. The molecule has 0 unspecified atom stereocenters. The van der Waals surface area contributed by atoms with Gasteiger partial charge < -0.3 is 5.32 Å². The van der Waals surface area contributed by atoms with Crippen molar-refractivity contribution < 1.29 is 9.18 Å². The van der Waals surface area contributed by atoms with Gasteiger partial charge >= 0.3 is 0 Å². The summed E-state index contributed by atoms with van der Waals surface area (Å²) in [6.45, 7) is 4.05. The molecule has 0 aromatic heterocycles. The summed E-state index contributed by atoms with van der Waals surface area (Å²) >= 11 is 0. The lowest BCUT2D eigenvalue weighted by Gasteiger charge is -2.08. The Morgan fingerprint density at radius 1 is 1.53 bits per heavy atom. The molecule has 0 atom stereocenters. The number of hydrogen-bond acceptors (Lipinski definition) is 2. The number of nitrogens with one attached hydrogen (secondary N) is 1. The lowest BCUT2D eigenvalue weighted by Crippen LogP contribution is -2.13. The van der Waals surface area contributed by atoms with Crippen LogP contribution in [0.3, 0.4) is 0 Å². The third-order valence-corrected chi connectivity index (χ3v) is 2.35. The maximum atomic E-state index is 13.2. The van der Waals surface area contributed by atoms with Gasteiger partial charge in [0.25, 0.3) is 0 Å². The molecule has 0 saturated heterocycles. The molecule has 0 fully saturated rings. The zero-order chi connectivity index (χ0) is 12.8. The molecule has 0 bridgehead atoms. The van der Waals surface area contributed by atoms with E-state index >= 15 is 0 Å². The lowest BCUT2D eigenvalue weighted by atomic mass is 10.1. The van der Waals surface area contributed by atoms with Gasteiger partial charge in [-0.05, 0) is 24.5 Å². The molecule has 1 N–H and O–H groups in total. The molecule has 0 aliphatic carbocycles. The van der Waals surface area contributed by atoms with E-state index < -0.39 is 5.82 Å². The number of benzene rings is 1. The van der Waals surface area contributed by atoms with Crippen molar-refractivity contribution in [3.63, 3.8) is 0 Å². The van der Waals surface area contributed by atoms with Gasteiger partial charge in [0, 0.05) is 6.42 Å². The quantitative estimate of drug-likeness (QED) is 0.870. The second-order valence-electron chi connectivity index (χ2n) is 4.25. The van der Waals surface area contributed by atoms with E-state index in [1.807, 2.05) is 13.8 Å². The topological polar surface area (TPSA) is 52.9 Å². The second kappa shape index (κ2) is 6.00. The molecule has 0 aliphatic rings. The summed E-state index contributed by atoms with van der Waals surface area (Å²) in [6.07, 6.45) is 1.14. The number of carbonyl (C=O) groups is 1. The van der Waals surface area contributed by atoms with Gasteiger partial charge in [-0.25, -0.2) is 4.39 Å². The molecule has 0 heterocycles. The zero-order valence-corrected chi connectivity index (χ0v) is 9.96. The monoisotopic (exact) mass is 234 g/mol. The molecular weight excluding hydrogens is 219 g/mol. The predicted molar refractivity (Wildman–Crippen MR) is 63.8 cm³/mol. The van der Waals surface area contributed by atoms with Crippen LogP contribution in [0.2, 0.25) is 0 Å². The van der Waals surface area contributed by atoms with Crippen LogP contribution in [0.25, 0.3) is 0 Å². The minimum absolute atomic E-state index is 0.120. The van der Waals surface area contributed by atoms with E-state index in [-0.39, 0.29) is 17.2 Å². The standard InChI is InChI=1S/C13H15FN2O/c1-9(2)6-7-13(17)16-12-5-3-4-11(14)10(12)8-15/h3-5,9H,6-7H2,1-2H3,(H,16,17). The molecule has 1 aromatic rings. The molecule has 1 amide bonds. The summed E-state index contributed by atoms with van der Waals surface area (Å²) in [5, 5.41) is 11.3. The SMILES string of the molecule is CC(C)CCC(=O)Nc1cccc(F)c1C#N. The highest BCUT2D eigenvalue weighted by Crippen LogP contribution is 2.18. The highest BCUT2D eigenvalue weighted by atomic mass is 19.1. The van der Waals surface area contributed by atoms with Crippen LogP contribution in [0.15, 0.2) is 18.2 Å². The van der Waals surface area contributed by atoms with Crippen molar-refractivity contribution in [2.24, 2.45) is 5.92 Å². The molecule has 0 aliphatic heterocycles. The first-order valence-corrected chi connectivity index (χ1v) is 5.53. The minimum atomic E-state index is -0.617. The van der Waals surface area contributed by atoms with Gasteiger partial charge in [-0.2, -0.15) is 5.26 Å². The molecule has 3 nitrogen and oxygen atoms in total. The van der Waals surface area contributed by atoms with E-state index in [1.165, 1.54) is 18.2 Å². The first kappa shape index (κ1) is 13.2. The summed E-state index contributed by atoms with van der Waals surface area (Å²) in [7, 11) is 0. The van der Waals surface area contributed by atoms with Gasteiger partial charge in [0.15, 0.2) is 0 Å². The minimum Gasteiger partial charge on any atom is -0.325 e. The highest BCUT2D eigenvalue weighted by Gasteiger charge is 2.10. The number of nitrogens with zero attached hydrogens (tertiary/aromatic N) is 1. The van der Waals surface area contributed by atoms with Crippen molar-refractivity contribution in [3.05, 3.63) is 29.6 Å². The Labute approximate surface area is 100 Å². The van der Waals surface area contributed by atoms with Gasteiger partial charge in [-0.1, -0.05) is 19.9 Å². The van der Waals surface area contributed by atoms with Gasteiger partial charge in [0.1, 0.15) is 17.4 Å². The summed E-state index contributed by atoms with van der Waals surface area (Å²) in [5.41, 5.74) is 0.117. The van der Waals surface area contributed by atoms with E-state index in [0.29, 0.717) is 12.3 Å². The van der Waals surface area contributed by atoms with E-state index in [9.17, 15) is 9.18 Å². The largest absolute Gasteiger partial charge is 0.325 e. The number of anilines is 1. The predicted octanol–water partition coefficient (Wildman–Crippen LogP) is 3.07. The number of nitriles is 1. The third kappa shape index (κ3) is 3.87. The van der Waals surface area contributed by atoms with Crippen molar-refractivity contribution in [3.8, 4) is 6.07 Å². The van der Waals surface area contributed by atoms with E-state index in [2.05, 4.69) is 5.32 Å². The molecule has 0 radical (unpaired) electrons. The summed E-state index contributed by atoms with van der Waals surface area (Å²) in [4.78, 5) is 11.6. The van der Waals surface area contributed by atoms with Crippen molar-refractivity contribution in [1.29, 1.82) is 5.26 Å².